The summed E-state index contributed by atoms with van der Waals surface area (Å²) < 4.78 is 1.78. The zero-order valence-electron chi connectivity index (χ0n) is 17.0. The summed E-state index contributed by atoms with van der Waals surface area (Å²) in [5.41, 5.74) is 4.31. The minimum atomic E-state index is -0.384. The van der Waals surface area contributed by atoms with Crippen LogP contribution >= 0.6 is 0 Å². The monoisotopic (exact) mass is 406 g/mol. The van der Waals surface area contributed by atoms with Gasteiger partial charge in [0.2, 0.25) is 11.3 Å². The van der Waals surface area contributed by atoms with E-state index in [9.17, 15) is 19.8 Å². The largest absolute Gasteiger partial charge is 0.503 e. The van der Waals surface area contributed by atoms with Crippen molar-refractivity contribution in [1.29, 1.82) is 0 Å². The third kappa shape index (κ3) is 4.09. The fourth-order valence-corrected chi connectivity index (χ4v) is 4.06. The van der Waals surface area contributed by atoms with Crippen LogP contribution in [0.2, 0.25) is 0 Å². The molecule has 0 bridgehead atoms. The Morgan fingerprint density at radius 3 is 2.40 bits per heavy atom. The van der Waals surface area contributed by atoms with Gasteiger partial charge in [0.05, 0.1) is 12.3 Å². The summed E-state index contributed by atoms with van der Waals surface area (Å²) in [6.45, 7) is 3.06. The second-order valence-corrected chi connectivity index (χ2v) is 7.99. The average Bonchev–Trinajstić information content (AvgIpc) is 2.77. The molecular weight excluding hydrogens is 380 g/mol. The molecule has 0 spiro atoms. The SMILES string of the molecule is Cc1cc(=O)c(O)cn1-c1ccc(C2=CC=C(C(=O)N3CCC(O)CC3)CC2)cc1. The fraction of sp³-hybridized carbons (Fsp3) is 0.333. The van der Waals surface area contributed by atoms with Crippen LogP contribution in [0.15, 0.2) is 59.0 Å². The number of aromatic nitrogens is 1. The van der Waals surface area contributed by atoms with E-state index in [1.807, 2.05) is 48.2 Å². The molecule has 0 radical (unpaired) electrons. The van der Waals surface area contributed by atoms with E-state index in [0.717, 1.165) is 28.9 Å². The van der Waals surface area contributed by atoms with Crippen molar-refractivity contribution in [2.75, 3.05) is 13.1 Å². The number of aliphatic hydroxyl groups is 1. The molecule has 1 aliphatic heterocycles. The number of rotatable bonds is 3. The Labute approximate surface area is 175 Å². The zero-order chi connectivity index (χ0) is 21.3. The van der Waals surface area contributed by atoms with Crippen LogP contribution in [0, 0.1) is 6.92 Å². The fourth-order valence-electron chi connectivity index (χ4n) is 4.06. The van der Waals surface area contributed by atoms with Crippen LogP contribution < -0.4 is 5.43 Å². The van der Waals surface area contributed by atoms with Crippen LogP contribution in [0.25, 0.3) is 11.3 Å². The Hall–Kier alpha value is -3.12. The lowest BCUT2D eigenvalue weighted by atomic mass is 9.92. The molecule has 1 amide bonds. The number of aromatic hydroxyl groups is 1. The van der Waals surface area contributed by atoms with Crippen LogP contribution in [0.3, 0.4) is 0 Å². The van der Waals surface area contributed by atoms with Crippen LogP contribution in [-0.2, 0) is 4.79 Å². The highest BCUT2D eigenvalue weighted by molar-refractivity contribution is 5.95. The first-order chi connectivity index (χ1) is 14.4. The van der Waals surface area contributed by atoms with Crippen molar-refractivity contribution in [2.45, 2.75) is 38.7 Å². The molecule has 2 aromatic rings. The van der Waals surface area contributed by atoms with Gasteiger partial charge in [-0.3, -0.25) is 9.59 Å². The van der Waals surface area contributed by atoms with Crippen molar-refractivity contribution in [3.63, 3.8) is 0 Å². The first-order valence-corrected chi connectivity index (χ1v) is 10.3. The summed E-state index contributed by atoms with van der Waals surface area (Å²) in [6.07, 6.45) is 7.90. The summed E-state index contributed by atoms with van der Waals surface area (Å²) in [5, 5.41) is 19.4. The van der Waals surface area contributed by atoms with E-state index in [1.54, 1.807) is 4.57 Å². The Kier molecular flexibility index (Phi) is 5.59. The molecule has 2 heterocycles. The summed E-state index contributed by atoms with van der Waals surface area (Å²) in [7, 11) is 0. The second-order valence-electron chi connectivity index (χ2n) is 7.99. The molecule has 1 aromatic heterocycles. The van der Waals surface area contributed by atoms with Gasteiger partial charge in [0, 0.05) is 36.1 Å². The minimum Gasteiger partial charge on any atom is -0.503 e. The second kappa shape index (κ2) is 8.32. The third-order valence-corrected chi connectivity index (χ3v) is 5.92. The van der Waals surface area contributed by atoms with E-state index in [2.05, 4.69) is 0 Å². The summed E-state index contributed by atoms with van der Waals surface area (Å²) in [5.74, 6) is -0.189. The average molecular weight is 406 g/mol. The molecule has 0 atom stereocenters. The number of benzene rings is 1. The molecule has 2 N–H and O–H groups in total. The number of carbonyl (C=O) groups excluding carboxylic acids is 1. The van der Waals surface area contributed by atoms with E-state index < -0.39 is 0 Å². The van der Waals surface area contributed by atoms with E-state index >= 15 is 0 Å². The van der Waals surface area contributed by atoms with Crippen LogP contribution in [-0.4, -0.2) is 44.8 Å². The van der Waals surface area contributed by atoms with E-state index in [0.29, 0.717) is 32.4 Å². The summed E-state index contributed by atoms with van der Waals surface area (Å²) in [4.78, 5) is 26.1. The van der Waals surface area contributed by atoms with Gasteiger partial charge in [-0.15, -0.1) is 0 Å². The number of amides is 1. The van der Waals surface area contributed by atoms with Gasteiger partial charge in [-0.1, -0.05) is 24.3 Å². The quantitative estimate of drug-likeness (QED) is 0.821. The zero-order valence-corrected chi connectivity index (χ0v) is 17.0. The number of likely N-dealkylation sites (tertiary alicyclic amines) is 1. The van der Waals surface area contributed by atoms with Crippen LogP contribution in [0.5, 0.6) is 5.75 Å². The lowest BCUT2D eigenvalue weighted by molar-refractivity contribution is -0.129. The first kappa shape index (κ1) is 20.2. The molecule has 0 unspecified atom stereocenters. The van der Waals surface area contributed by atoms with Crippen molar-refractivity contribution in [2.24, 2.45) is 0 Å². The number of piperidine rings is 1. The number of hydrogen-bond donors (Lipinski definition) is 2. The van der Waals surface area contributed by atoms with Crippen molar-refractivity contribution in [3.8, 4) is 11.4 Å². The van der Waals surface area contributed by atoms with Crippen molar-refractivity contribution in [1.82, 2.24) is 9.47 Å². The van der Waals surface area contributed by atoms with Crippen molar-refractivity contribution >= 4 is 11.5 Å². The topological polar surface area (TPSA) is 82.8 Å². The minimum absolute atomic E-state index is 0.0843. The number of carbonyl (C=O) groups is 1. The Morgan fingerprint density at radius 2 is 1.77 bits per heavy atom. The summed E-state index contributed by atoms with van der Waals surface area (Å²) in [6, 6.07) is 9.36. The molecule has 6 nitrogen and oxygen atoms in total. The molecule has 1 aliphatic carbocycles. The molecule has 156 valence electrons. The van der Waals surface area contributed by atoms with Crippen molar-refractivity contribution in [3.05, 3.63) is 75.7 Å². The Morgan fingerprint density at radius 1 is 1.07 bits per heavy atom. The Bertz CT molecular complexity index is 1070. The molecule has 1 fully saturated rings. The highest BCUT2D eigenvalue weighted by atomic mass is 16.3. The smallest absolute Gasteiger partial charge is 0.249 e. The van der Waals surface area contributed by atoms with Gasteiger partial charge in [0.25, 0.3) is 0 Å². The predicted molar refractivity (Wildman–Crippen MR) is 116 cm³/mol. The van der Waals surface area contributed by atoms with Gasteiger partial charge in [-0.25, -0.2) is 0 Å². The number of pyridine rings is 1. The molecular formula is C24H26N2O4. The number of allylic oxidation sites excluding steroid dienone is 3. The number of nitrogens with zero attached hydrogens (tertiary/aromatic N) is 2. The highest BCUT2D eigenvalue weighted by Crippen LogP contribution is 2.29. The van der Waals surface area contributed by atoms with Gasteiger partial charge in [-0.2, -0.15) is 0 Å². The number of aliphatic hydroxyl groups excluding tert-OH is 1. The number of aryl methyl sites for hydroxylation is 1. The van der Waals surface area contributed by atoms with Gasteiger partial charge in [-0.05, 0) is 55.9 Å². The molecule has 6 heteroatoms. The lowest BCUT2D eigenvalue weighted by Crippen LogP contribution is -2.40. The van der Waals surface area contributed by atoms with Crippen molar-refractivity contribution < 1.29 is 15.0 Å². The maximum absolute atomic E-state index is 12.7. The highest BCUT2D eigenvalue weighted by Gasteiger charge is 2.24. The maximum atomic E-state index is 12.7. The lowest BCUT2D eigenvalue weighted by Gasteiger charge is -2.31. The van der Waals surface area contributed by atoms with E-state index in [-0.39, 0.29) is 23.2 Å². The van der Waals surface area contributed by atoms with Gasteiger partial charge in [0.15, 0.2) is 5.75 Å². The molecule has 30 heavy (non-hydrogen) atoms. The number of hydrogen-bond acceptors (Lipinski definition) is 4. The van der Waals surface area contributed by atoms with Gasteiger partial charge >= 0.3 is 0 Å². The van der Waals surface area contributed by atoms with Crippen LogP contribution in [0.4, 0.5) is 0 Å². The predicted octanol–water partition coefficient (Wildman–Crippen LogP) is 2.94. The molecule has 0 saturated carbocycles. The van der Waals surface area contributed by atoms with Crippen LogP contribution in [0.1, 0.15) is 36.9 Å². The molecule has 1 aromatic carbocycles. The standard InChI is InChI=1S/C24H26N2O4/c1-16-14-22(28)23(29)15-26(16)20-8-6-18(7-9-20)17-2-4-19(5-3-17)24(30)25-12-10-21(27)11-13-25/h2,4,6-9,14-15,21,27,29H,3,5,10-13H2,1H3. The normalized spacial score (nSPS) is 17.5. The molecule has 2 aliphatic rings. The summed E-state index contributed by atoms with van der Waals surface area (Å²) >= 11 is 0. The van der Waals surface area contributed by atoms with E-state index in [1.165, 1.54) is 17.8 Å². The molecule has 1 saturated heterocycles. The maximum Gasteiger partial charge on any atom is 0.249 e. The third-order valence-electron chi connectivity index (χ3n) is 5.92. The van der Waals surface area contributed by atoms with E-state index in [4.69, 9.17) is 0 Å². The van der Waals surface area contributed by atoms with Gasteiger partial charge < -0.3 is 19.7 Å². The van der Waals surface area contributed by atoms with Gasteiger partial charge in [0.1, 0.15) is 0 Å². The Balaban J connectivity index is 1.50. The first-order valence-electron chi connectivity index (χ1n) is 10.3. The molecule has 4 rings (SSSR count).